The average molecular weight is 194 g/mol. The van der Waals surface area contributed by atoms with E-state index in [1.165, 1.54) is 11.3 Å². The van der Waals surface area contributed by atoms with Gasteiger partial charge in [-0.3, -0.25) is 5.10 Å². The summed E-state index contributed by atoms with van der Waals surface area (Å²) in [6.07, 6.45) is 3.40. The first-order valence-corrected chi connectivity index (χ1v) is 4.46. The Bertz CT molecular complexity index is 419. The molecule has 0 saturated heterocycles. The Morgan fingerprint density at radius 3 is 3.00 bits per heavy atom. The number of hydrogen-bond donors (Lipinski definition) is 2. The van der Waals surface area contributed by atoms with Crippen molar-refractivity contribution < 1.29 is 9.90 Å². The van der Waals surface area contributed by atoms with E-state index in [1.807, 2.05) is 0 Å². The van der Waals surface area contributed by atoms with Crippen molar-refractivity contribution >= 4 is 17.3 Å². The molecule has 2 heterocycles. The third-order valence-corrected chi connectivity index (χ3v) is 2.61. The van der Waals surface area contributed by atoms with Crippen LogP contribution in [0.5, 0.6) is 0 Å². The van der Waals surface area contributed by atoms with E-state index in [2.05, 4.69) is 10.2 Å². The van der Waals surface area contributed by atoms with Gasteiger partial charge in [-0.2, -0.15) is 5.10 Å². The zero-order valence-corrected chi connectivity index (χ0v) is 7.34. The molecule has 0 amide bonds. The number of nitrogens with zero attached hydrogens (tertiary/aromatic N) is 1. The minimum Gasteiger partial charge on any atom is -0.478 e. The van der Waals surface area contributed by atoms with Gasteiger partial charge in [-0.15, -0.1) is 11.3 Å². The van der Waals surface area contributed by atoms with Gasteiger partial charge < -0.3 is 5.11 Å². The zero-order chi connectivity index (χ0) is 9.26. The minimum absolute atomic E-state index is 0.321. The second-order valence-electron chi connectivity index (χ2n) is 2.49. The van der Waals surface area contributed by atoms with Crippen molar-refractivity contribution in [2.45, 2.75) is 0 Å². The summed E-state index contributed by atoms with van der Waals surface area (Å²) in [5.74, 6) is -0.897. The van der Waals surface area contributed by atoms with Crippen molar-refractivity contribution in [1.29, 1.82) is 0 Å². The number of rotatable bonds is 2. The topological polar surface area (TPSA) is 66.0 Å². The summed E-state index contributed by atoms with van der Waals surface area (Å²) in [6.45, 7) is 0. The molecule has 2 rings (SSSR count). The summed E-state index contributed by atoms with van der Waals surface area (Å²) in [5, 5.41) is 16.8. The summed E-state index contributed by atoms with van der Waals surface area (Å²) in [6, 6.07) is 1.64. The van der Waals surface area contributed by atoms with Crippen molar-refractivity contribution in [3.8, 4) is 10.4 Å². The Hall–Kier alpha value is -1.62. The number of aromatic amines is 1. The molecule has 0 radical (unpaired) electrons. The van der Waals surface area contributed by atoms with Crippen LogP contribution in [0.15, 0.2) is 23.8 Å². The summed E-state index contributed by atoms with van der Waals surface area (Å²) < 4.78 is 0. The largest absolute Gasteiger partial charge is 0.478 e. The van der Waals surface area contributed by atoms with Crippen molar-refractivity contribution in [2.75, 3.05) is 0 Å². The third kappa shape index (κ3) is 1.46. The Labute approximate surface area is 77.8 Å². The maximum atomic E-state index is 10.6. The number of hydrogen-bond acceptors (Lipinski definition) is 3. The van der Waals surface area contributed by atoms with E-state index in [0.717, 1.165) is 10.4 Å². The van der Waals surface area contributed by atoms with Crippen LogP contribution in [-0.4, -0.2) is 21.3 Å². The normalized spacial score (nSPS) is 10.2. The number of aromatic nitrogens is 2. The number of aromatic carboxylic acids is 1. The van der Waals surface area contributed by atoms with Crippen LogP contribution in [-0.2, 0) is 0 Å². The summed E-state index contributed by atoms with van der Waals surface area (Å²) in [4.78, 5) is 11.5. The Morgan fingerprint density at radius 1 is 1.62 bits per heavy atom. The lowest BCUT2D eigenvalue weighted by Gasteiger charge is -1.85. The van der Waals surface area contributed by atoms with Gasteiger partial charge in [-0.05, 0) is 6.07 Å². The lowest BCUT2D eigenvalue weighted by molar-refractivity contribution is 0.0697. The number of carbonyl (C=O) groups is 1. The number of carboxylic acids is 1. The van der Waals surface area contributed by atoms with Gasteiger partial charge in [0.05, 0.1) is 11.8 Å². The molecule has 5 heteroatoms. The fraction of sp³-hybridized carbons (Fsp3) is 0. The van der Waals surface area contributed by atoms with Crippen molar-refractivity contribution in [3.05, 3.63) is 29.4 Å². The highest BCUT2D eigenvalue weighted by Crippen LogP contribution is 2.25. The van der Waals surface area contributed by atoms with Gasteiger partial charge in [0.25, 0.3) is 0 Å². The quantitative estimate of drug-likeness (QED) is 0.766. The summed E-state index contributed by atoms with van der Waals surface area (Å²) in [5.41, 5.74) is 1.23. The molecule has 2 aromatic heterocycles. The van der Waals surface area contributed by atoms with Gasteiger partial charge in [0.1, 0.15) is 0 Å². The fourth-order valence-electron chi connectivity index (χ4n) is 0.985. The van der Waals surface area contributed by atoms with Crippen LogP contribution >= 0.6 is 11.3 Å². The van der Waals surface area contributed by atoms with Crippen LogP contribution in [0.25, 0.3) is 10.4 Å². The first-order valence-electron chi connectivity index (χ1n) is 3.58. The predicted molar refractivity (Wildman–Crippen MR) is 48.9 cm³/mol. The SMILES string of the molecule is O=C(O)c1csc(-c2cn[nH]c2)c1. The monoisotopic (exact) mass is 194 g/mol. The molecule has 13 heavy (non-hydrogen) atoms. The predicted octanol–water partition coefficient (Wildman–Crippen LogP) is 1.84. The molecule has 66 valence electrons. The Balaban J connectivity index is 2.39. The Kier molecular flexibility index (Phi) is 1.86. The van der Waals surface area contributed by atoms with E-state index in [9.17, 15) is 4.79 Å². The van der Waals surface area contributed by atoms with E-state index in [4.69, 9.17) is 5.11 Å². The van der Waals surface area contributed by atoms with Gasteiger partial charge in [0.2, 0.25) is 0 Å². The van der Waals surface area contributed by atoms with Crippen LogP contribution in [0, 0.1) is 0 Å². The van der Waals surface area contributed by atoms with Gasteiger partial charge in [-0.25, -0.2) is 4.79 Å². The molecule has 0 aliphatic carbocycles. The molecule has 0 fully saturated rings. The van der Waals surface area contributed by atoms with Gasteiger partial charge in [0, 0.05) is 22.0 Å². The molecular formula is C8H6N2O2S. The molecular weight excluding hydrogens is 188 g/mol. The highest BCUT2D eigenvalue weighted by molar-refractivity contribution is 7.13. The number of thiophene rings is 1. The fourth-order valence-corrected chi connectivity index (χ4v) is 1.85. The van der Waals surface area contributed by atoms with Crippen LogP contribution in [0.1, 0.15) is 10.4 Å². The molecule has 0 saturated carbocycles. The zero-order valence-electron chi connectivity index (χ0n) is 6.52. The molecule has 0 atom stereocenters. The molecule has 0 spiro atoms. The van der Waals surface area contributed by atoms with Crippen molar-refractivity contribution in [3.63, 3.8) is 0 Å². The Morgan fingerprint density at radius 2 is 2.46 bits per heavy atom. The van der Waals surface area contributed by atoms with Crippen LogP contribution in [0.2, 0.25) is 0 Å². The molecule has 0 aliphatic rings. The van der Waals surface area contributed by atoms with E-state index < -0.39 is 5.97 Å². The first-order chi connectivity index (χ1) is 6.27. The lowest BCUT2D eigenvalue weighted by atomic mass is 10.2. The summed E-state index contributed by atoms with van der Waals surface area (Å²) >= 11 is 1.39. The van der Waals surface area contributed by atoms with E-state index in [-0.39, 0.29) is 0 Å². The number of H-pyrrole nitrogens is 1. The molecule has 2 N–H and O–H groups in total. The molecule has 0 aromatic carbocycles. The van der Waals surface area contributed by atoms with Crippen LogP contribution in [0.3, 0.4) is 0 Å². The number of carboxylic acid groups (broad SMARTS) is 1. The third-order valence-electron chi connectivity index (χ3n) is 1.63. The molecule has 0 aliphatic heterocycles. The number of nitrogens with one attached hydrogen (secondary N) is 1. The smallest absolute Gasteiger partial charge is 0.336 e. The highest BCUT2D eigenvalue weighted by Gasteiger charge is 2.07. The minimum atomic E-state index is -0.897. The molecule has 0 unspecified atom stereocenters. The van der Waals surface area contributed by atoms with Gasteiger partial charge in [-0.1, -0.05) is 0 Å². The first kappa shape index (κ1) is 8.00. The van der Waals surface area contributed by atoms with Crippen LogP contribution < -0.4 is 0 Å². The molecule has 4 nitrogen and oxygen atoms in total. The average Bonchev–Trinajstić information content (AvgIpc) is 2.75. The van der Waals surface area contributed by atoms with E-state index >= 15 is 0 Å². The lowest BCUT2D eigenvalue weighted by Crippen LogP contribution is -1.91. The van der Waals surface area contributed by atoms with Gasteiger partial charge >= 0.3 is 5.97 Å². The summed E-state index contributed by atoms with van der Waals surface area (Å²) in [7, 11) is 0. The molecule has 2 aromatic rings. The highest BCUT2D eigenvalue weighted by atomic mass is 32.1. The van der Waals surface area contributed by atoms with Crippen molar-refractivity contribution in [2.24, 2.45) is 0 Å². The second-order valence-corrected chi connectivity index (χ2v) is 3.40. The van der Waals surface area contributed by atoms with E-state index in [0.29, 0.717) is 5.56 Å². The van der Waals surface area contributed by atoms with Crippen molar-refractivity contribution in [1.82, 2.24) is 10.2 Å². The maximum absolute atomic E-state index is 10.6. The maximum Gasteiger partial charge on any atom is 0.336 e. The standard InChI is InChI=1S/C8H6N2O2S/c11-8(12)5-1-7(13-4-5)6-2-9-10-3-6/h1-4H,(H,9,10)(H,11,12). The van der Waals surface area contributed by atoms with Gasteiger partial charge in [0.15, 0.2) is 0 Å². The molecule has 0 bridgehead atoms. The van der Waals surface area contributed by atoms with E-state index in [1.54, 1.807) is 23.8 Å². The van der Waals surface area contributed by atoms with Crippen LogP contribution in [0.4, 0.5) is 0 Å². The second kappa shape index (κ2) is 3.02.